The van der Waals surface area contributed by atoms with E-state index in [2.05, 4.69) is 15.5 Å². The summed E-state index contributed by atoms with van der Waals surface area (Å²) in [4.78, 5) is 5.68. The fourth-order valence-corrected chi connectivity index (χ4v) is 2.82. The van der Waals surface area contributed by atoms with Gasteiger partial charge in [-0.15, -0.1) is 0 Å². The van der Waals surface area contributed by atoms with Crippen molar-refractivity contribution >= 4 is 17.7 Å². The second-order valence-electron chi connectivity index (χ2n) is 6.15. The Labute approximate surface area is 148 Å². The molecule has 1 aromatic heterocycles. The van der Waals surface area contributed by atoms with Crippen molar-refractivity contribution in [3.63, 3.8) is 0 Å². The summed E-state index contributed by atoms with van der Waals surface area (Å²) >= 11 is 0. The van der Waals surface area contributed by atoms with E-state index < -0.39 is 11.7 Å². The van der Waals surface area contributed by atoms with Crippen LogP contribution >= 0.6 is 0 Å². The number of hydrazone groups is 1. The van der Waals surface area contributed by atoms with E-state index in [1.807, 2.05) is 11.8 Å². The van der Waals surface area contributed by atoms with Crippen molar-refractivity contribution < 1.29 is 17.6 Å². The van der Waals surface area contributed by atoms with Gasteiger partial charge in [0.25, 0.3) is 0 Å². The smallest absolute Gasteiger partial charge is 0.369 e. The lowest BCUT2D eigenvalue weighted by Crippen LogP contribution is -2.19. The monoisotopic (exact) mass is 366 g/mol. The van der Waals surface area contributed by atoms with Crippen LogP contribution in [-0.4, -0.2) is 24.3 Å². The summed E-state index contributed by atoms with van der Waals surface area (Å²) in [7, 11) is 0. The predicted molar refractivity (Wildman–Crippen MR) is 93.0 cm³/mol. The highest BCUT2D eigenvalue weighted by Crippen LogP contribution is 2.29. The Balaban J connectivity index is 1.69. The molecule has 138 valence electrons. The quantitative estimate of drug-likeness (QED) is 0.489. The van der Waals surface area contributed by atoms with Crippen molar-refractivity contribution in [2.24, 2.45) is 5.10 Å². The first-order valence-corrected chi connectivity index (χ1v) is 8.22. The number of hydrogen-bond acceptors (Lipinski definition) is 4. The molecular formula is C18H18F4N4. The van der Waals surface area contributed by atoms with Crippen molar-refractivity contribution in [3.8, 4) is 0 Å². The molecule has 1 N–H and O–H groups in total. The summed E-state index contributed by atoms with van der Waals surface area (Å²) in [6, 6.07) is 5.30. The van der Waals surface area contributed by atoms with Gasteiger partial charge in [0.2, 0.25) is 0 Å². The first kappa shape index (κ1) is 18.2. The van der Waals surface area contributed by atoms with Crippen LogP contribution in [0, 0.1) is 12.7 Å². The van der Waals surface area contributed by atoms with Crippen LogP contribution < -0.4 is 10.3 Å². The molecule has 3 rings (SSSR count). The number of halogens is 4. The Morgan fingerprint density at radius 1 is 1.19 bits per heavy atom. The number of alkyl halides is 3. The van der Waals surface area contributed by atoms with Gasteiger partial charge >= 0.3 is 6.18 Å². The molecule has 1 aliphatic heterocycles. The molecule has 26 heavy (non-hydrogen) atoms. The number of rotatable bonds is 4. The Morgan fingerprint density at radius 2 is 1.92 bits per heavy atom. The van der Waals surface area contributed by atoms with Gasteiger partial charge in [-0.2, -0.15) is 18.3 Å². The Kier molecular flexibility index (Phi) is 5.11. The first-order chi connectivity index (χ1) is 12.3. The zero-order valence-corrected chi connectivity index (χ0v) is 14.1. The highest BCUT2D eigenvalue weighted by Gasteiger charge is 2.30. The summed E-state index contributed by atoms with van der Waals surface area (Å²) < 4.78 is 51.8. The molecular weight excluding hydrogens is 348 g/mol. The molecule has 1 saturated heterocycles. The molecule has 1 aliphatic rings. The molecule has 0 amide bonds. The van der Waals surface area contributed by atoms with E-state index in [1.165, 1.54) is 18.3 Å². The molecule has 1 aromatic carbocycles. The lowest BCUT2D eigenvalue weighted by molar-refractivity contribution is -0.137. The third-order valence-corrected chi connectivity index (χ3v) is 4.26. The van der Waals surface area contributed by atoms with Crippen molar-refractivity contribution in [2.75, 3.05) is 23.4 Å². The minimum Gasteiger partial charge on any atom is -0.369 e. The molecule has 0 aliphatic carbocycles. The van der Waals surface area contributed by atoms with E-state index in [4.69, 9.17) is 0 Å². The van der Waals surface area contributed by atoms with Crippen LogP contribution in [0.2, 0.25) is 0 Å². The number of nitrogens with one attached hydrogen (secondary N) is 1. The van der Waals surface area contributed by atoms with Crippen LogP contribution in [0.1, 0.15) is 29.5 Å². The van der Waals surface area contributed by atoms with Gasteiger partial charge in [-0.3, -0.25) is 5.43 Å². The van der Waals surface area contributed by atoms with E-state index >= 15 is 0 Å². The van der Waals surface area contributed by atoms with Crippen LogP contribution in [0.25, 0.3) is 0 Å². The van der Waals surface area contributed by atoms with Crippen LogP contribution in [0.4, 0.5) is 29.1 Å². The van der Waals surface area contributed by atoms with Crippen LogP contribution in [0.5, 0.6) is 0 Å². The summed E-state index contributed by atoms with van der Waals surface area (Å²) in [5.41, 5.74) is 3.76. The minimum absolute atomic E-state index is 0.168. The third kappa shape index (κ3) is 4.12. The van der Waals surface area contributed by atoms with Crippen molar-refractivity contribution in [3.05, 3.63) is 53.0 Å². The highest BCUT2D eigenvalue weighted by molar-refractivity contribution is 5.83. The molecule has 2 aromatic rings. The lowest BCUT2D eigenvalue weighted by Gasteiger charge is -2.19. The predicted octanol–water partition coefficient (Wildman–Crippen LogP) is 4.59. The molecule has 0 bridgehead atoms. The van der Waals surface area contributed by atoms with Gasteiger partial charge in [-0.25, -0.2) is 9.37 Å². The van der Waals surface area contributed by atoms with Gasteiger partial charge in [0.1, 0.15) is 11.6 Å². The number of aromatic nitrogens is 1. The largest absolute Gasteiger partial charge is 0.417 e. The summed E-state index contributed by atoms with van der Waals surface area (Å²) in [6.07, 6.45) is -0.156. The van der Waals surface area contributed by atoms with E-state index in [9.17, 15) is 17.6 Å². The normalized spacial score (nSPS) is 15.0. The molecule has 4 nitrogen and oxygen atoms in total. The zero-order chi connectivity index (χ0) is 18.7. The molecule has 0 atom stereocenters. The maximum atomic E-state index is 14.3. The topological polar surface area (TPSA) is 40.5 Å². The standard InChI is InChI=1S/C18H18F4N4/c1-12-8-16(26-6-2-3-7-26)15(19)9-13(12)10-24-25-17-5-4-14(11-23-17)18(20,21)22/h4-5,8-11H,2-3,6-7H2,1H3,(H,23,25). The number of anilines is 2. The second kappa shape index (κ2) is 7.31. The van der Waals surface area contributed by atoms with Gasteiger partial charge < -0.3 is 4.90 Å². The highest BCUT2D eigenvalue weighted by atomic mass is 19.4. The summed E-state index contributed by atoms with van der Waals surface area (Å²) in [5, 5.41) is 3.93. The summed E-state index contributed by atoms with van der Waals surface area (Å²) in [6.45, 7) is 3.56. The first-order valence-electron chi connectivity index (χ1n) is 8.22. The van der Waals surface area contributed by atoms with E-state index in [0.717, 1.165) is 43.8 Å². The van der Waals surface area contributed by atoms with E-state index in [1.54, 1.807) is 6.07 Å². The molecule has 0 saturated carbocycles. The average molecular weight is 366 g/mol. The number of aryl methyl sites for hydroxylation is 1. The SMILES string of the molecule is Cc1cc(N2CCCC2)c(F)cc1C=NNc1ccc(C(F)(F)F)cn1. The lowest BCUT2D eigenvalue weighted by atomic mass is 10.1. The number of hydrogen-bond donors (Lipinski definition) is 1. The molecule has 1 fully saturated rings. The molecule has 8 heteroatoms. The van der Waals surface area contributed by atoms with Gasteiger partial charge in [0, 0.05) is 24.8 Å². The maximum absolute atomic E-state index is 14.3. The summed E-state index contributed by atoms with van der Waals surface area (Å²) in [5.74, 6) is -0.146. The van der Waals surface area contributed by atoms with Gasteiger partial charge in [0.05, 0.1) is 17.5 Å². The Bertz CT molecular complexity index is 794. The van der Waals surface area contributed by atoms with Crippen LogP contribution in [0.3, 0.4) is 0 Å². The minimum atomic E-state index is -4.43. The van der Waals surface area contributed by atoms with Gasteiger partial charge in [0.15, 0.2) is 0 Å². The maximum Gasteiger partial charge on any atom is 0.417 e. The fourth-order valence-electron chi connectivity index (χ4n) is 2.82. The number of benzene rings is 1. The van der Waals surface area contributed by atoms with Crippen LogP contribution in [-0.2, 0) is 6.18 Å². The van der Waals surface area contributed by atoms with E-state index in [0.29, 0.717) is 11.3 Å². The second-order valence-corrected chi connectivity index (χ2v) is 6.15. The van der Waals surface area contributed by atoms with Gasteiger partial charge in [-0.05, 0) is 49.6 Å². The zero-order valence-electron chi connectivity index (χ0n) is 14.1. The molecule has 0 unspecified atom stereocenters. The van der Waals surface area contributed by atoms with Crippen molar-refractivity contribution in [1.29, 1.82) is 0 Å². The van der Waals surface area contributed by atoms with Crippen molar-refractivity contribution in [1.82, 2.24) is 4.98 Å². The molecule has 0 spiro atoms. The fraction of sp³-hybridized carbons (Fsp3) is 0.333. The van der Waals surface area contributed by atoms with E-state index in [-0.39, 0.29) is 11.6 Å². The third-order valence-electron chi connectivity index (χ3n) is 4.26. The van der Waals surface area contributed by atoms with Crippen LogP contribution in [0.15, 0.2) is 35.6 Å². The average Bonchev–Trinajstić information content (AvgIpc) is 3.11. The van der Waals surface area contributed by atoms with Gasteiger partial charge in [-0.1, -0.05) is 0 Å². The van der Waals surface area contributed by atoms with Crippen molar-refractivity contribution in [2.45, 2.75) is 25.9 Å². The molecule has 2 heterocycles. The number of pyridine rings is 1. The number of nitrogens with zero attached hydrogens (tertiary/aromatic N) is 3. The Morgan fingerprint density at radius 3 is 2.54 bits per heavy atom. The Hall–Kier alpha value is -2.64. The molecule has 0 radical (unpaired) electrons.